The zero-order valence-electron chi connectivity index (χ0n) is 17.6. The number of anilines is 1. The Balaban J connectivity index is 1.70. The van der Waals surface area contributed by atoms with Crippen molar-refractivity contribution in [2.75, 3.05) is 11.8 Å². The Morgan fingerprint density at radius 3 is 2.35 bits per heavy atom. The van der Waals surface area contributed by atoms with Gasteiger partial charge in [0.2, 0.25) is 0 Å². The van der Waals surface area contributed by atoms with Gasteiger partial charge >= 0.3 is 0 Å². The molecule has 0 saturated heterocycles. The normalized spacial score (nSPS) is 10.9. The first-order valence-corrected chi connectivity index (χ1v) is 11.1. The SMILES string of the molecule is Cc1ccc(S(=O)(=O)Nc2ccc(C(=O)N(C)Cc3cccc(C#N)c3)cc2)cc1C. The van der Waals surface area contributed by atoms with Crippen molar-refractivity contribution in [3.63, 3.8) is 0 Å². The average molecular weight is 434 g/mol. The fraction of sp³-hybridized carbons (Fsp3) is 0.167. The fourth-order valence-electron chi connectivity index (χ4n) is 3.08. The van der Waals surface area contributed by atoms with Crippen LogP contribution in [0.5, 0.6) is 0 Å². The Hall–Kier alpha value is -3.63. The number of nitrogens with one attached hydrogen (secondary N) is 1. The van der Waals surface area contributed by atoms with E-state index in [4.69, 9.17) is 5.26 Å². The van der Waals surface area contributed by atoms with Crippen LogP contribution in [0.15, 0.2) is 71.6 Å². The molecule has 0 spiro atoms. The van der Waals surface area contributed by atoms with Crippen molar-refractivity contribution < 1.29 is 13.2 Å². The lowest BCUT2D eigenvalue weighted by molar-refractivity contribution is 0.0785. The van der Waals surface area contributed by atoms with Gasteiger partial charge in [0.25, 0.3) is 15.9 Å². The number of rotatable bonds is 6. The molecular weight excluding hydrogens is 410 g/mol. The van der Waals surface area contributed by atoms with Crippen LogP contribution in [0.2, 0.25) is 0 Å². The number of benzene rings is 3. The highest BCUT2D eigenvalue weighted by Gasteiger charge is 2.16. The molecule has 0 unspecified atom stereocenters. The number of hydrogen-bond donors (Lipinski definition) is 1. The van der Waals surface area contributed by atoms with Crippen molar-refractivity contribution in [2.45, 2.75) is 25.3 Å². The predicted molar refractivity (Wildman–Crippen MR) is 120 cm³/mol. The first kappa shape index (κ1) is 22.1. The molecule has 0 aromatic heterocycles. The smallest absolute Gasteiger partial charge is 0.261 e. The van der Waals surface area contributed by atoms with Gasteiger partial charge in [-0.15, -0.1) is 0 Å². The van der Waals surface area contributed by atoms with Crippen molar-refractivity contribution in [1.29, 1.82) is 5.26 Å². The predicted octanol–water partition coefficient (Wildman–Crippen LogP) is 4.25. The Morgan fingerprint density at radius 1 is 1.00 bits per heavy atom. The summed E-state index contributed by atoms with van der Waals surface area (Å²) in [6.07, 6.45) is 0. The minimum Gasteiger partial charge on any atom is -0.337 e. The number of amides is 1. The van der Waals surface area contributed by atoms with Crippen molar-refractivity contribution in [1.82, 2.24) is 4.90 Å². The number of nitrogens with zero attached hydrogens (tertiary/aromatic N) is 2. The molecule has 3 aromatic rings. The summed E-state index contributed by atoms with van der Waals surface area (Å²) >= 11 is 0. The second kappa shape index (κ2) is 9.02. The summed E-state index contributed by atoms with van der Waals surface area (Å²) in [4.78, 5) is 14.4. The molecule has 7 heteroatoms. The molecule has 0 atom stereocenters. The molecule has 31 heavy (non-hydrogen) atoms. The quantitative estimate of drug-likeness (QED) is 0.629. The Labute approximate surface area is 182 Å². The lowest BCUT2D eigenvalue weighted by atomic mass is 10.1. The van der Waals surface area contributed by atoms with E-state index in [0.717, 1.165) is 16.7 Å². The molecule has 0 bridgehead atoms. The molecule has 3 aromatic carbocycles. The highest BCUT2D eigenvalue weighted by atomic mass is 32.2. The topological polar surface area (TPSA) is 90.3 Å². The van der Waals surface area contributed by atoms with Gasteiger partial charge in [0, 0.05) is 24.8 Å². The third-order valence-corrected chi connectivity index (χ3v) is 6.37. The summed E-state index contributed by atoms with van der Waals surface area (Å²) in [6.45, 7) is 4.14. The minimum absolute atomic E-state index is 0.190. The third kappa shape index (κ3) is 5.30. The van der Waals surface area contributed by atoms with Crippen LogP contribution in [0.25, 0.3) is 0 Å². The number of nitriles is 1. The molecule has 158 valence electrons. The van der Waals surface area contributed by atoms with Gasteiger partial charge in [0.1, 0.15) is 0 Å². The monoisotopic (exact) mass is 433 g/mol. The standard InChI is InChI=1S/C24H23N3O3S/c1-17-7-12-23(13-18(17)2)31(29,30)26-22-10-8-21(9-11-22)24(28)27(3)16-20-6-4-5-19(14-20)15-25/h4-14,26H,16H2,1-3H3. The average Bonchev–Trinajstić information content (AvgIpc) is 2.75. The summed E-state index contributed by atoms with van der Waals surface area (Å²) in [7, 11) is -2.04. The highest BCUT2D eigenvalue weighted by Crippen LogP contribution is 2.20. The lowest BCUT2D eigenvalue weighted by Crippen LogP contribution is -2.26. The molecule has 1 amide bonds. The molecular formula is C24H23N3O3S. The fourth-order valence-corrected chi connectivity index (χ4v) is 4.22. The van der Waals surface area contributed by atoms with Gasteiger partial charge in [-0.3, -0.25) is 9.52 Å². The summed E-state index contributed by atoms with van der Waals surface area (Å²) in [6, 6.07) is 20.5. The molecule has 0 radical (unpaired) electrons. The van der Waals surface area contributed by atoms with Gasteiger partial charge in [-0.2, -0.15) is 5.26 Å². The van der Waals surface area contributed by atoms with E-state index in [2.05, 4.69) is 10.8 Å². The largest absolute Gasteiger partial charge is 0.337 e. The molecule has 0 heterocycles. The second-order valence-electron chi connectivity index (χ2n) is 7.40. The molecule has 3 rings (SSSR count). The number of carbonyl (C=O) groups is 1. The molecule has 0 aliphatic rings. The summed E-state index contributed by atoms with van der Waals surface area (Å²) in [5.74, 6) is -0.203. The number of hydrogen-bond acceptors (Lipinski definition) is 4. The van der Waals surface area contributed by atoms with Crippen LogP contribution in [-0.4, -0.2) is 26.3 Å². The van der Waals surface area contributed by atoms with Gasteiger partial charge in [-0.25, -0.2) is 8.42 Å². The zero-order chi connectivity index (χ0) is 22.6. The van der Waals surface area contributed by atoms with Gasteiger partial charge in [-0.1, -0.05) is 18.2 Å². The molecule has 1 N–H and O–H groups in total. The van der Waals surface area contributed by atoms with Crippen molar-refractivity contribution in [2.24, 2.45) is 0 Å². The first-order chi connectivity index (χ1) is 14.7. The van der Waals surface area contributed by atoms with E-state index in [9.17, 15) is 13.2 Å². The van der Waals surface area contributed by atoms with Crippen LogP contribution in [0, 0.1) is 25.2 Å². The van der Waals surface area contributed by atoms with E-state index in [1.807, 2.05) is 19.9 Å². The van der Waals surface area contributed by atoms with Crippen molar-refractivity contribution >= 4 is 21.6 Å². The minimum atomic E-state index is -3.72. The van der Waals surface area contributed by atoms with Crippen LogP contribution in [-0.2, 0) is 16.6 Å². The zero-order valence-corrected chi connectivity index (χ0v) is 18.4. The van der Waals surface area contributed by atoms with Crippen molar-refractivity contribution in [3.05, 3.63) is 94.5 Å². The summed E-state index contributed by atoms with van der Waals surface area (Å²) < 4.78 is 27.8. The van der Waals surface area contributed by atoms with E-state index in [1.165, 1.54) is 0 Å². The maximum Gasteiger partial charge on any atom is 0.261 e. The Bertz CT molecular complexity index is 1260. The van der Waals surface area contributed by atoms with Crippen LogP contribution in [0.4, 0.5) is 5.69 Å². The maximum atomic E-state index is 12.7. The van der Waals surface area contributed by atoms with Gasteiger partial charge in [-0.05, 0) is 79.1 Å². The summed E-state index contributed by atoms with van der Waals surface area (Å²) in [5.41, 5.74) is 4.12. The lowest BCUT2D eigenvalue weighted by Gasteiger charge is -2.18. The second-order valence-corrected chi connectivity index (χ2v) is 9.08. The first-order valence-electron chi connectivity index (χ1n) is 9.64. The highest BCUT2D eigenvalue weighted by molar-refractivity contribution is 7.92. The van der Waals surface area contributed by atoms with Crippen LogP contribution >= 0.6 is 0 Å². The van der Waals surface area contributed by atoms with E-state index >= 15 is 0 Å². The number of aryl methyl sites for hydroxylation is 2. The van der Waals surface area contributed by atoms with Gasteiger partial charge < -0.3 is 4.90 Å². The Kier molecular flexibility index (Phi) is 6.42. The molecule has 0 aliphatic carbocycles. The van der Waals surface area contributed by atoms with E-state index in [0.29, 0.717) is 23.4 Å². The Morgan fingerprint density at radius 2 is 1.71 bits per heavy atom. The van der Waals surface area contributed by atoms with E-state index in [-0.39, 0.29) is 10.8 Å². The van der Waals surface area contributed by atoms with E-state index in [1.54, 1.807) is 72.6 Å². The maximum absolute atomic E-state index is 12.7. The van der Waals surface area contributed by atoms with E-state index < -0.39 is 10.0 Å². The number of carbonyl (C=O) groups excluding carboxylic acids is 1. The van der Waals surface area contributed by atoms with Crippen LogP contribution < -0.4 is 4.72 Å². The molecule has 0 aliphatic heterocycles. The van der Waals surface area contributed by atoms with Gasteiger partial charge in [0.15, 0.2) is 0 Å². The van der Waals surface area contributed by atoms with Crippen molar-refractivity contribution in [3.8, 4) is 6.07 Å². The third-order valence-electron chi connectivity index (χ3n) is 5.00. The van der Waals surface area contributed by atoms with Crippen LogP contribution in [0.3, 0.4) is 0 Å². The van der Waals surface area contributed by atoms with Gasteiger partial charge in [0.05, 0.1) is 16.5 Å². The molecule has 0 saturated carbocycles. The molecule has 0 fully saturated rings. The molecule has 6 nitrogen and oxygen atoms in total. The van der Waals surface area contributed by atoms with Crippen LogP contribution in [0.1, 0.15) is 32.6 Å². The number of sulfonamides is 1. The summed E-state index contributed by atoms with van der Waals surface area (Å²) in [5, 5.41) is 9.01.